The minimum absolute atomic E-state index is 0.140. The number of halogens is 2. The summed E-state index contributed by atoms with van der Waals surface area (Å²) in [5.41, 5.74) is 2.35. The number of hydrogen-bond donors (Lipinski definition) is 1. The number of aliphatic hydroxyl groups is 1. The van der Waals surface area contributed by atoms with E-state index < -0.39 is 12.7 Å². The lowest BCUT2D eigenvalue weighted by Crippen LogP contribution is -2.28. The van der Waals surface area contributed by atoms with E-state index in [0.29, 0.717) is 18.5 Å². The summed E-state index contributed by atoms with van der Waals surface area (Å²) in [7, 11) is 1.61. The van der Waals surface area contributed by atoms with Crippen molar-refractivity contribution >= 4 is 5.69 Å². The second-order valence-electron chi connectivity index (χ2n) is 6.04. The summed E-state index contributed by atoms with van der Waals surface area (Å²) in [5.74, 6) is 0.893. The number of benzene rings is 2. The van der Waals surface area contributed by atoms with Crippen LogP contribution in [0.1, 0.15) is 23.6 Å². The van der Waals surface area contributed by atoms with Gasteiger partial charge in [-0.1, -0.05) is 12.1 Å². The van der Waals surface area contributed by atoms with Crippen molar-refractivity contribution in [2.45, 2.75) is 32.1 Å². The maximum Gasteiger partial charge on any atom is 0.387 e. The lowest BCUT2D eigenvalue weighted by molar-refractivity contribution is -0.0503. The van der Waals surface area contributed by atoms with Crippen molar-refractivity contribution < 1.29 is 23.4 Å². The van der Waals surface area contributed by atoms with Gasteiger partial charge in [0.25, 0.3) is 0 Å². The van der Waals surface area contributed by atoms with Gasteiger partial charge in [-0.2, -0.15) is 8.78 Å². The Morgan fingerprint density at radius 2 is 1.88 bits per heavy atom. The van der Waals surface area contributed by atoms with Crippen molar-refractivity contribution in [2.75, 3.05) is 18.6 Å². The first kappa shape index (κ1) is 17.5. The molecule has 2 atom stereocenters. The SMILES string of the molecule is COc1ccc(N2CC[C@@H](O)[C@H]2c2cccc(OC(F)F)c2C)cc1. The molecule has 0 aromatic heterocycles. The van der Waals surface area contributed by atoms with Gasteiger partial charge in [0.1, 0.15) is 11.5 Å². The van der Waals surface area contributed by atoms with Gasteiger partial charge < -0.3 is 19.5 Å². The van der Waals surface area contributed by atoms with Crippen molar-refractivity contribution in [3.05, 3.63) is 53.6 Å². The average molecular weight is 349 g/mol. The van der Waals surface area contributed by atoms with Crippen molar-refractivity contribution in [1.82, 2.24) is 0 Å². The molecule has 0 unspecified atom stereocenters. The molecule has 4 nitrogen and oxygen atoms in total. The van der Waals surface area contributed by atoms with E-state index >= 15 is 0 Å². The molecule has 0 amide bonds. The summed E-state index contributed by atoms with van der Waals surface area (Å²) in [6.45, 7) is -0.456. The van der Waals surface area contributed by atoms with Crippen molar-refractivity contribution in [3.63, 3.8) is 0 Å². The van der Waals surface area contributed by atoms with E-state index in [-0.39, 0.29) is 11.8 Å². The highest BCUT2D eigenvalue weighted by atomic mass is 19.3. The summed E-state index contributed by atoms with van der Waals surface area (Å²) in [5, 5.41) is 10.5. The minimum atomic E-state index is -2.87. The molecule has 3 rings (SSSR count). The number of hydrogen-bond acceptors (Lipinski definition) is 4. The number of anilines is 1. The van der Waals surface area contributed by atoms with Crippen LogP contribution in [0.25, 0.3) is 0 Å². The number of nitrogens with zero attached hydrogens (tertiary/aromatic N) is 1. The van der Waals surface area contributed by atoms with Crippen LogP contribution in [-0.2, 0) is 0 Å². The Morgan fingerprint density at radius 3 is 2.52 bits per heavy atom. The third kappa shape index (κ3) is 3.54. The maximum absolute atomic E-state index is 12.6. The van der Waals surface area contributed by atoms with Gasteiger partial charge >= 0.3 is 6.61 Å². The molecule has 0 radical (unpaired) electrons. The second kappa shape index (κ2) is 7.27. The lowest BCUT2D eigenvalue weighted by atomic mass is 9.96. The summed E-state index contributed by atoms with van der Waals surface area (Å²) in [4.78, 5) is 2.08. The highest BCUT2D eigenvalue weighted by Gasteiger charge is 2.35. The molecule has 1 heterocycles. The molecule has 6 heteroatoms. The fourth-order valence-corrected chi connectivity index (χ4v) is 3.39. The highest BCUT2D eigenvalue weighted by molar-refractivity contribution is 5.54. The molecular weight excluding hydrogens is 328 g/mol. The third-order valence-electron chi connectivity index (χ3n) is 4.63. The number of rotatable bonds is 5. The molecule has 1 fully saturated rings. The van der Waals surface area contributed by atoms with Crippen LogP contribution in [0, 0.1) is 6.92 Å². The van der Waals surface area contributed by atoms with Gasteiger partial charge in [0.2, 0.25) is 0 Å². The first-order chi connectivity index (χ1) is 12.0. The Bertz CT molecular complexity index is 721. The Hall–Kier alpha value is -2.34. The van der Waals surface area contributed by atoms with Crippen LogP contribution < -0.4 is 14.4 Å². The van der Waals surface area contributed by atoms with E-state index in [1.165, 1.54) is 6.07 Å². The zero-order chi connectivity index (χ0) is 18.0. The van der Waals surface area contributed by atoms with Crippen LogP contribution >= 0.6 is 0 Å². The van der Waals surface area contributed by atoms with Crippen LogP contribution in [0.15, 0.2) is 42.5 Å². The fraction of sp³-hybridized carbons (Fsp3) is 0.368. The molecule has 134 valence electrons. The van der Waals surface area contributed by atoms with Crippen LogP contribution in [0.4, 0.5) is 14.5 Å². The topological polar surface area (TPSA) is 41.9 Å². The summed E-state index contributed by atoms with van der Waals surface area (Å²) >= 11 is 0. The first-order valence-electron chi connectivity index (χ1n) is 8.14. The van der Waals surface area contributed by atoms with E-state index in [1.54, 1.807) is 20.1 Å². The monoisotopic (exact) mass is 349 g/mol. The van der Waals surface area contributed by atoms with Gasteiger partial charge in [-0.3, -0.25) is 0 Å². The maximum atomic E-state index is 12.6. The van der Waals surface area contributed by atoms with Crippen LogP contribution in [0.5, 0.6) is 11.5 Å². The molecule has 0 spiro atoms. The second-order valence-corrected chi connectivity index (χ2v) is 6.04. The molecule has 1 aliphatic heterocycles. The molecule has 2 aromatic carbocycles. The van der Waals surface area contributed by atoms with Crippen LogP contribution in [0.3, 0.4) is 0 Å². The predicted molar refractivity (Wildman–Crippen MR) is 91.5 cm³/mol. The van der Waals surface area contributed by atoms with Gasteiger partial charge in [0.05, 0.1) is 19.3 Å². The number of ether oxygens (including phenoxy) is 2. The number of aliphatic hydroxyl groups excluding tert-OH is 1. The summed E-state index contributed by atoms with van der Waals surface area (Å²) in [6.07, 6.45) is 0.0263. The fourth-order valence-electron chi connectivity index (χ4n) is 3.39. The molecule has 2 aromatic rings. The first-order valence-corrected chi connectivity index (χ1v) is 8.14. The quantitative estimate of drug-likeness (QED) is 0.888. The summed E-state index contributed by atoms with van der Waals surface area (Å²) < 4.78 is 35.0. The third-order valence-corrected chi connectivity index (χ3v) is 4.63. The Morgan fingerprint density at radius 1 is 1.16 bits per heavy atom. The Balaban J connectivity index is 1.95. The molecule has 1 saturated heterocycles. The van der Waals surface area contributed by atoms with Crippen molar-refractivity contribution in [3.8, 4) is 11.5 Å². The average Bonchev–Trinajstić information content (AvgIpc) is 2.98. The van der Waals surface area contributed by atoms with Crippen molar-refractivity contribution in [2.24, 2.45) is 0 Å². The lowest BCUT2D eigenvalue weighted by Gasteiger charge is -2.30. The normalized spacial score (nSPS) is 20.2. The van der Waals surface area contributed by atoms with Gasteiger partial charge in [0.15, 0.2) is 0 Å². The number of alkyl halides is 2. The van der Waals surface area contributed by atoms with Crippen LogP contribution in [0.2, 0.25) is 0 Å². The molecular formula is C19H21F2NO3. The molecule has 0 saturated carbocycles. The van der Waals surface area contributed by atoms with E-state index in [2.05, 4.69) is 9.64 Å². The Labute approximate surface area is 145 Å². The standard InChI is InChI=1S/C19H21F2NO3/c1-12-15(4-3-5-17(12)25-19(20)21)18-16(23)10-11-22(18)13-6-8-14(24-2)9-7-13/h3-9,16,18-19,23H,10-11H2,1-2H3/t16-,18-/m1/s1. The minimum Gasteiger partial charge on any atom is -0.497 e. The largest absolute Gasteiger partial charge is 0.497 e. The zero-order valence-electron chi connectivity index (χ0n) is 14.2. The smallest absolute Gasteiger partial charge is 0.387 e. The predicted octanol–water partition coefficient (Wildman–Crippen LogP) is 3.92. The summed E-state index contributed by atoms with van der Waals surface area (Å²) in [6, 6.07) is 12.3. The molecule has 25 heavy (non-hydrogen) atoms. The van der Waals surface area contributed by atoms with Gasteiger partial charge in [-0.25, -0.2) is 0 Å². The van der Waals surface area contributed by atoms with Crippen molar-refractivity contribution in [1.29, 1.82) is 0 Å². The highest BCUT2D eigenvalue weighted by Crippen LogP contribution is 2.40. The molecule has 0 aliphatic carbocycles. The van der Waals surface area contributed by atoms with Gasteiger partial charge in [-0.05, 0) is 54.8 Å². The zero-order valence-corrected chi connectivity index (χ0v) is 14.2. The van der Waals surface area contributed by atoms with E-state index in [1.807, 2.05) is 30.3 Å². The van der Waals surface area contributed by atoms with Crippen LogP contribution in [-0.4, -0.2) is 31.5 Å². The molecule has 1 aliphatic rings. The van der Waals surface area contributed by atoms with E-state index in [0.717, 1.165) is 17.0 Å². The van der Waals surface area contributed by atoms with E-state index in [9.17, 15) is 13.9 Å². The molecule has 0 bridgehead atoms. The Kier molecular flexibility index (Phi) is 5.08. The van der Waals surface area contributed by atoms with Gasteiger partial charge in [-0.15, -0.1) is 0 Å². The number of methoxy groups -OCH3 is 1. The van der Waals surface area contributed by atoms with Gasteiger partial charge in [0, 0.05) is 12.2 Å². The molecule has 1 N–H and O–H groups in total. The van der Waals surface area contributed by atoms with E-state index in [4.69, 9.17) is 4.74 Å².